The maximum absolute atomic E-state index is 12.4. The van der Waals surface area contributed by atoms with Crippen LogP contribution in [0.4, 0.5) is 0 Å². The summed E-state index contributed by atoms with van der Waals surface area (Å²) in [6.45, 7) is 7.89. The molecule has 0 fully saturated rings. The van der Waals surface area contributed by atoms with Crippen molar-refractivity contribution in [3.05, 3.63) is 96.8 Å². The Morgan fingerprint density at radius 3 is 2.00 bits per heavy atom. The Balaban J connectivity index is 2.27. The van der Waals surface area contributed by atoms with Crippen LogP contribution in [0.5, 0.6) is 11.5 Å². The van der Waals surface area contributed by atoms with E-state index < -0.39 is 11.5 Å². The highest BCUT2D eigenvalue weighted by Crippen LogP contribution is 2.27. The number of hydrogen-bond donors (Lipinski definition) is 4. The number of aromatic hydroxyl groups is 2. The first-order valence-electron chi connectivity index (χ1n) is 13.4. The number of ether oxygens (including phenoxy) is 1. The summed E-state index contributed by atoms with van der Waals surface area (Å²) < 4.78 is 4.97. The molecule has 0 saturated heterocycles. The highest BCUT2D eigenvalue weighted by Gasteiger charge is 2.35. The molecule has 0 saturated carbocycles. The molecule has 0 heterocycles. The molecule has 38 heavy (non-hydrogen) atoms. The van der Waals surface area contributed by atoms with Crippen molar-refractivity contribution in [3.63, 3.8) is 0 Å². The molecule has 0 aliphatic carbocycles. The van der Waals surface area contributed by atoms with Crippen LogP contribution in [0.25, 0.3) is 0 Å². The van der Waals surface area contributed by atoms with Crippen molar-refractivity contribution in [2.24, 2.45) is 0 Å². The zero-order valence-corrected chi connectivity index (χ0v) is 23.3. The summed E-state index contributed by atoms with van der Waals surface area (Å²) in [5.74, 6) is -0.897. The van der Waals surface area contributed by atoms with Gasteiger partial charge in [0.25, 0.3) is 0 Å². The summed E-state index contributed by atoms with van der Waals surface area (Å²) >= 11 is 0. The Morgan fingerprint density at radius 1 is 0.921 bits per heavy atom. The lowest BCUT2D eigenvalue weighted by Gasteiger charge is -2.29. The first-order chi connectivity index (χ1) is 18.3. The van der Waals surface area contributed by atoms with Gasteiger partial charge in [-0.2, -0.15) is 0 Å². The van der Waals surface area contributed by atoms with Crippen molar-refractivity contribution in [2.45, 2.75) is 77.2 Å². The van der Waals surface area contributed by atoms with E-state index in [0.717, 1.165) is 57.1 Å². The number of phenols is 2. The van der Waals surface area contributed by atoms with Crippen molar-refractivity contribution in [1.29, 1.82) is 0 Å². The van der Waals surface area contributed by atoms with Gasteiger partial charge in [-0.1, -0.05) is 80.3 Å². The number of hydrogen-bond acceptors (Lipinski definition) is 6. The lowest BCUT2D eigenvalue weighted by atomic mass is 9.93. The Labute approximate surface area is 229 Å². The first-order valence-corrected chi connectivity index (χ1v) is 13.4. The van der Waals surface area contributed by atoms with Crippen molar-refractivity contribution in [1.82, 2.24) is 10.9 Å². The first kappa shape index (κ1) is 32.5. The molecule has 6 heteroatoms. The van der Waals surface area contributed by atoms with Gasteiger partial charge in [0.15, 0.2) is 11.5 Å². The molecule has 1 aromatic carbocycles. The topological polar surface area (TPSA) is 90.8 Å². The van der Waals surface area contributed by atoms with Gasteiger partial charge in [0.2, 0.25) is 0 Å². The Bertz CT molecular complexity index is 991. The van der Waals surface area contributed by atoms with Crippen molar-refractivity contribution in [2.75, 3.05) is 7.11 Å². The predicted molar refractivity (Wildman–Crippen MR) is 158 cm³/mol. The summed E-state index contributed by atoms with van der Waals surface area (Å²) in [6, 6.07) is 4.47. The van der Waals surface area contributed by atoms with E-state index in [-0.39, 0.29) is 17.9 Å². The van der Waals surface area contributed by atoms with E-state index in [0.29, 0.717) is 5.56 Å². The number of unbranched alkanes of at least 4 members (excludes halogenated alkanes) is 1. The van der Waals surface area contributed by atoms with E-state index in [1.165, 1.54) is 19.2 Å². The Hall–Kier alpha value is -3.51. The third kappa shape index (κ3) is 14.3. The summed E-state index contributed by atoms with van der Waals surface area (Å²) in [4.78, 5) is 12.4. The van der Waals surface area contributed by atoms with Crippen molar-refractivity contribution >= 4 is 5.97 Å². The van der Waals surface area contributed by atoms with Crippen molar-refractivity contribution in [3.8, 4) is 11.5 Å². The number of methoxy groups -OCH3 is 1. The third-order valence-electron chi connectivity index (χ3n) is 5.76. The number of phenolic OH excluding ortho intramolecular Hbond substituents is 2. The van der Waals surface area contributed by atoms with Gasteiger partial charge < -0.3 is 20.4 Å². The van der Waals surface area contributed by atoms with Gasteiger partial charge in [-0.25, -0.2) is 10.2 Å². The molecule has 0 spiro atoms. The van der Waals surface area contributed by atoms with Crippen LogP contribution in [-0.4, -0.2) is 28.8 Å². The molecule has 1 atom stereocenters. The predicted octanol–water partition coefficient (Wildman–Crippen LogP) is 7.10. The van der Waals surface area contributed by atoms with Crippen LogP contribution in [0.3, 0.4) is 0 Å². The van der Waals surface area contributed by atoms with Crippen LogP contribution in [0, 0.1) is 0 Å². The lowest BCUT2D eigenvalue weighted by molar-refractivity contribution is -0.148. The second kappa shape index (κ2) is 19.6. The average Bonchev–Trinajstić information content (AvgIpc) is 2.90. The molecule has 0 amide bonds. The smallest absolute Gasteiger partial charge is 0.327 e. The van der Waals surface area contributed by atoms with Gasteiger partial charge in [0, 0.05) is 12.1 Å². The molecule has 0 aliphatic rings. The van der Waals surface area contributed by atoms with E-state index in [4.69, 9.17) is 4.74 Å². The van der Waals surface area contributed by atoms with Crippen molar-refractivity contribution < 1.29 is 19.7 Å². The molecule has 0 aliphatic heterocycles. The van der Waals surface area contributed by atoms with E-state index in [1.807, 2.05) is 0 Å². The molecule has 208 valence electrons. The molecular weight excluding hydrogens is 476 g/mol. The van der Waals surface area contributed by atoms with Gasteiger partial charge in [0.1, 0.15) is 5.54 Å². The van der Waals surface area contributed by atoms with Crippen LogP contribution >= 0.6 is 0 Å². The van der Waals surface area contributed by atoms with Gasteiger partial charge >= 0.3 is 5.97 Å². The number of rotatable bonds is 19. The number of allylic oxidation sites excluding steroid dienone is 11. The Morgan fingerprint density at radius 2 is 1.47 bits per heavy atom. The molecule has 0 unspecified atom stereocenters. The SMILES string of the molecule is C=C(CCC/C=C\C/C=C\C/C=C\C/C=C\C/C=C\CC)NN[C@@](C)(Cc1ccc(O)c(O)c1)C(=O)OC. The van der Waals surface area contributed by atoms with Crippen LogP contribution < -0.4 is 10.9 Å². The van der Waals surface area contributed by atoms with E-state index >= 15 is 0 Å². The van der Waals surface area contributed by atoms with Gasteiger partial charge in [-0.15, -0.1) is 0 Å². The fraction of sp³-hybridized carbons (Fsp3) is 0.406. The fourth-order valence-electron chi connectivity index (χ4n) is 3.57. The molecule has 1 rings (SSSR count). The Kier molecular flexibility index (Phi) is 16.8. The highest BCUT2D eigenvalue weighted by molar-refractivity contribution is 5.80. The number of hydrazine groups is 1. The third-order valence-corrected chi connectivity index (χ3v) is 5.76. The normalized spacial score (nSPS) is 13.8. The van der Waals surface area contributed by atoms with Crippen LogP contribution in [0.1, 0.15) is 70.8 Å². The maximum atomic E-state index is 12.4. The highest BCUT2D eigenvalue weighted by atomic mass is 16.5. The van der Waals surface area contributed by atoms with E-state index in [9.17, 15) is 15.0 Å². The van der Waals surface area contributed by atoms with Crippen LogP contribution in [0.15, 0.2) is 91.2 Å². The minimum absolute atomic E-state index is 0.208. The number of esters is 1. The quantitative estimate of drug-likeness (QED) is 0.0509. The second-order valence-electron chi connectivity index (χ2n) is 9.28. The molecule has 0 bridgehead atoms. The number of carbonyl (C=O) groups excluding carboxylic acids is 1. The zero-order chi connectivity index (χ0) is 28.1. The monoisotopic (exact) mass is 522 g/mol. The zero-order valence-electron chi connectivity index (χ0n) is 23.3. The van der Waals surface area contributed by atoms with E-state index in [2.05, 4.69) is 85.1 Å². The molecule has 0 radical (unpaired) electrons. The maximum Gasteiger partial charge on any atom is 0.327 e. The number of carbonyl (C=O) groups is 1. The molecule has 4 N–H and O–H groups in total. The van der Waals surface area contributed by atoms with Gasteiger partial charge in [0.05, 0.1) is 7.11 Å². The summed E-state index contributed by atoms with van der Waals surface area (Å²) in [5.41, 5.74) is 6.41. The molecule has 0 aromatic heterocycles. The summed E-state index contributed by atoms with van der Waals surface area (Å²) in [7, 11) is 1.33. The number of nitrogens with one attached hydrogen (secondary N) is 2. The minimum atomic E-state index is -1.09. The summed E-state index contributed by atoms with van der Waals surface area (Å²) in [6.07, 6.45) is 29.7. The summed E-state index contributed by atoms with van der Waals surface area (Å²) in [5, 5.41) is 19.3. The number of benzene rings is 1. The van der Waals surface area contributed by atoms with Crippen LogP contribution in [0.2, 0.25) is 0 Å². The van der Waals surface area contributed by atoms with Gasteiger partial charge in [-0.05, 0) is 76.0 Å². The minimum Gasteiger partial charge on any atom is -0.504 e. The largest absolute Gasteiger partial charge is 0.504 e. The van der Waals surface area contributed by atoms with E-state index in [1.54, 1.807) is 13.0 Å². The molecule has 1 aromatic rings. The van der Waals surface area contributed by atoms with Gasteiger partial charge in [-0.3, -0.25) is 0 Å². The van der Waals surface area contributed by atoms with Crippen LogP contribution in [-0.2, 0) is 16.0 Å². The second-order valence-corrected chi connectivity index (χ2v) is 9.28. The average molecular weight is 523 g/mol. The fourth-order valence-corrected chi connectivity index (χ4v) is 3.57. The standard InChI is InChI=1S/C32H46N2O4/c1-5-6-7-8-9-10-11-12-13-14-15-16-17-18-19-20-21-22-27(2)33-34-32(3,31(37)38-4)26-28-23-24-29(35)30(36)25-28/h6-7,9-10,12-13,15-16,18-19,23-25,33-36H,2,5,8,11,14,17,20-22,26H2,1,3-4H3/b7-6-,10-9-,13-12-,16-15-,19-18-/t32-/m0/s1. The molecule has 6 nitrogen and oxygen atoms in total. The lowest BCUT2D eigenvalue weighted by Crippen LogP contribution is -2.57. The molecular formula is C32H46N2O4.